The third kappa shape index (κ3) is 2.54. The highest BCUT2D eigenvalue weighted by atomic mass is 16.1. The van der Waals surface area contributed by atoms with E-state index < -0.39 is 0 Å². The summed E-state index contributed by atoms with van der Waals surface area (Å²) in [5, 5.41) is 7.78. The third-order valence-corrected chi connectivity index (χ3v) is 4.38. The van der Waals surface area contributed by atoms with Gasteiger partial charge in [0.1, 0.15) is 5.52 Å². The van der Waals surface area contributed by atoms with Gasteiger partial charge in [-0.2, -0.15) is 5.10 Å². The summed E-state index contributed by atoms with van der Waals surface area (Å²) in [4.78, 5) is 15.7. The average molecular weight is 318 g/mol. The quantitative estimate of drug-likeness (QED) is 0.607. The van der Waals surface area contributed by atoms with Crippen LogP contribution in [-0.2, 0) is 19.9 Å². The Balaban J connectivity index is 1.77. The Morgan fingerprint density at radius 3 is 2.75 bits per heavy atom. The molecule has 0 aliphatic heterocycles. The number of pyridine rings is 1. The first-order valence-electron chi connectivity index (χ1n) is 7.96. The lowest BCUT2D eigenvalue weighted by Gasteiger charge is -2.06. The van der Waals surface area contributed by atoms with Crippen molar-refractivity contribution in [3.63, 3.8) is 0 Å². The minimum atomic E-state index is -0.0109. The van der Waals surface area contributed by atoms with Gasteiger partial charge in [-0.3, -0.25) is 9.89 Å². The van der Waals surface area contributed by atoms with Gasteiger partial charge in [0, 0.05) is 36.1 Å². The summed E-state index contributed by atoms with van der Waals surface area (Å²) < 4.78 is 1.65. The van der Waals surface area contributed by atoms with E-state index in [0.29, 0.717) is 5.52 Å². The van der Waals surface area contributed by atoms with Crippen LogP contribution in [0, 0.1) is 0 Å². The maximum absolute atomic E-state index is 12.4. The van der Waals surface area contributed by atoms with Gasteiger partial charge in [-0.05, 0) is 30.0 Å². The second kappa shape index (κ2) is 5.85. The van der Waals surface area contributed by atoms with E-state index in [-0.39, 0.29) is 5.56 Å². The first-order valence-corrected chi connectivity index (χ1v) is 7.96. The Hall–Kier alpha value is -3.08. The standard InChI is InChI=1S/C19H18N4O/c1-23-12-14(8-7-13-5-3-2-4-6-13)16-9-17(15-10-20-21-11-15)22-18(16)19(23)24/h2-6,9-12,22H,7-8H2,1H3,(H,20,21). The van der Waals surface area contributed by atoms with E-state index in [4.69, 9.17) is 0 Å². The Labute approximate surface area is 139 Å². The van der Waals surface area contributed by atoms with E-state index in [1.807, 2.05) is 24.5 Å². The molecule has 0 atom stereocenters. The van der Waals surface area contributed by atoms with Crippen LogP contribution in [-0.4, -0.2) is 19.7 Å². The Bertz CT molecular complexity index is 1030. The SMILES string of the molecule is Cn1cc(CCc2ccccc2)c2cc(-c3cn[nH]c3)[nH]c2c1=O. The van der Waals surface area contributed by atoms with Gasteiger partial charge in [0.05, 0.1) is 6.20 Å². The highest BCUT2D eigenvalue weighted by molar-refractivity contribution is 5.87. The molecule has 3 heterocycles. The minimum Gasteiger partial charge on any atom is -0.350 e. The third-order valence-electron chi connectivity index (χ3n) is 4.38. The number of aryl methyl sites for hydroxylation is 3. The van der Waals surface area contributed by atoms with Crippen molar-refractivity contribution in [3.8, 4) is 11.3 Å². The zero-order valence-corrected chi connectivity index (χ0v) is 13.4. The van der Waals surface area contributed by atoms with Crippen molar-refractivity contribution in [2.24, 2.45) is 7.05 Å². The van der Waals surface area contributed by atoms with Crippen molar-refractivity contribution in [2.75, 3.05) is 0 Å². The number of fused-ring (bicyclic) bond motifs is 1. The van der Waals surface area contributed by atoms with Crippen molar-refractivity contribution in [1.82, 2.24) is 19.7 Å². The highest BCUT2D eigenvalue weighted by Gasteiger charge is 2.12. The fourth-order valence-electron chi connectivity index (χ4n) is 3.09. The normalized spacial score (nSPS) is 11.2. The molecule has 0 spiro atoms. The Morgan fingerprint density at radius 2 is 2.00 bits per heavy atom. The molecule has 0 bridgehead atoms. The van der Waals surface area contributed by atoms with Crippen LogP contribution in [0.15, 0.2) is 59.8 Å². The predicted octanol–water partition coefficient (Wildman–Crippen LogP) is 3.04. The zero-order chi connectivity index (χ0) is 16.5. The summed E-state index contributed by atoms with van der Waals surface area (Å²) in [5.41, 5.74) is 4.96. The minimum absolute atomic E-state index is 0.0109. The molecule has 120 valence electrons. The van der Waals surface area contributed by atoms with Crippen LogP contribution in [0.3, 0.4) is 0 Å². The summed E-state index contributed by atoms with van der Waals surface area (Å²) in [6.07, 6.45) is 7.34. The summed E-state index contributed by atoms with van der Waals surface area (Å²) in [7, 11) is 1.80. The number of nitrogens with one attached hydrogen (secondary N) is 2. The molecule has 3 aromatic heterocycles. The van der Waals surface area contributed by atoms with Crippen molar-refractivity contribution in [2.45, 2.75) is 12.8 Å². The van der Waals surface area contributed by atoms with Crippen LogP contribution in [0.2, 0.25) is 0 Å². The molecular formula is C19H18N4O. The number of rotatable bonds is 4. The molecule has 4 rings (SSSR count). The maximum Gasteiger partial charge on any atom is 0.274 e. The van der Waals surface area contributed by atoms with Crippen LogP contribution >= 0.6 is 0 Å². The Morgan fingerprint density at radius 1 is 1.17 bits per heavy atom. The molecular weight excluding hydrogens is 300 g/mol. The van der Waals surface area contributed by atoms with Crippen molar-refractivity contribution in [3.05, 3.63) is 76.5 Å². The second-order valence-corrected chi connectivity index (χ2v) is 6.01. The topological polar surface area (TPSA) is 66.5 Å². The van der Waals surface area contributed by atoms with Gasteiger partial charge in [0.15, 0.2) is 0 Å². The maximum atomic E-state index is 12.4. The van der Waals surface area contributed by atoms with Gasteiger partial charge in [0.2, 0.25) is 0 Å². The number of benzene rings is 1. The number of hydrogen-bond acceptors (Lipinski definition) is 2. The van der Waals surface area contributed by atoms with Crippen LogP contribution < -0.4 is 5.56 Å². The monoisotopic (exact) mass is 318 g/mol. The van der Waals surface area contributed by atoms with Crippen LogP contribution in [0.4, 0.5) is 0 Å². The van der Waals surface area contributed by atoms with Gasteiger partial charge in [-0.25, -0.2) is 0 Å². The van der Waals surface area contributed by atoms with E-state index in [1.165, 1.54) is 11.1 Å². The van der Waals surface area contributed by atoms with Gasteiger partial charge < -0.3 is 9.55 Å². The summed E-state index contributed by atoms with van der Waals surface area (Å²) in [5.74, 6) is 0. The van der Waals surface area contributed by atoms with Gasteiger partial charge in [-0.15, -0.1) is 0 Å². The molecule has 5 heteroatoms. The van der Waals surface area contributed by atoms with E-state index in [0.717, 1.165) is 29.5 Å². The molecule has 0 saturated carbocycles. The molecule has 0 aliphatic rings. The lowest BCUT2D eigenvalue weighted by atomic mass is 10.0. The second-order valence-electron chi connectivity index (χ2n) is 6.01. The van der Waals surface area contributed by atoms with Gasteiger partial charge >= 0.3 is 0 Å². The largest absolute Gasteiger partial charge is 0.350 e. The van der Waals surface area contributed by atoms with E-state index >= 15 is 0 Å². The summed E-state index contributed by atoms with van der Waals surface area (Å²) >= 11 is 0. The molecule has 0 unspecified atom stereocenters. The highest BCUT2D eigenvalue weighted by Crippen LogP contribution is 2.24. The van der Waals surface area contributed by atoms with E-state index in [1.54, 1.807) is 17.8 Å². The lowest BCUT2D eigenvalue weighted by molar-refractivity contribution is 0.842. The smallest absolute Gasteiger partial charge is 0.274 e. The number of aromatic nitrogens is 4. The van der Waals surface area contributed by atoms with Crippen LogP contribution in [0.5, 0.6) is 0 Å². The molecule has 1 aromatic carbocycles. The molecule has 0 amide bonds. The summed E-state index contributed by atoms with van der Waals surface area (Å²) in [6, 6.07) is 12.4. The van der Waals surface area contributed by atoms with Crippen molar-refractivity contribution in [1.29, 1.82) is 0 Å². The first kappa shape index (κ1) is 14.5. The number of H-pyrrole nitrogens is 2. The summed E-state index contributed by atoms with van der Waals surface area (Å²) in [6.45, 7) is 0. The fraction of sp³-hybridized carbons (Fsp3) is 0.158. The number of nitrogens with zero attached hydrogens (tertiary/aromatic N) is 2. The average Bonchev–Trinajstić information content (AvgIpc) is 3.27. The van der Waals surface area contributed by atoms with Crippen LogP contribution in [0.25, 0.3) is 22.2 Å². The molecule has 2 N–H and O–H groups in total. The fourth-order valence-corrected chi connectivity index (χ4v) is 3.09. The lowest BCUT2D eigenvalue weighted by Crippen LogP contribution is -2.17. The van der Waals surface area contributed by atoms with E-state index in [9.17, 15) is 4.79 Å². The van der Waals surface area contributed by atoms with Crippen molar-refractivity contribution >= 4 is 10.9 Å². The molecule has 24 heavy (non-hydrogen) atoms. The van der Waals surface area contributed by atoms with E-state index in [2.05, 4.69) is 39.4 Å². The molecule has 0 saturated heterocycles. The molecule has 0 fully saturated rings. The van der Waals surface area contributed by atoms with Crippen molar-refractivity contribution < 1.29 is 0 Å². The Kier molecular flexibility index (Phi) is 3.54. The number of hydrogen-bond donors (Lipinski definition) is 2. The molecule has 0 aliphatic carbocycles. The molecule has 0 radical (unpaired) electrons. The zero-order valence-electron chi connectivity index (χ0n) is 13.4. The van der Waals surface area contributed by atoms with Gasteiger partial charge in [0.25, 0.3) is 5.56 Å². The molecule has 5 nitrogen and oxygen atoms in total. The number of aromatic amines is 2. The molecule has 4 aromatic rings. The first-order chi connectivity index (χ1) is 11.7. The van der Waals surface area contributed by atoms with Crippen LogP contribution in [0.1, 0.15) is 11.1 Å². The van der Waals surface area contributed by atoms with Gasteiger partial charge in [-0.1, -0.05) is 30.3 Å². The predicted molar refractivity (Wildman–Crippen MR) is 95.0 cm³/mol.